The molecule has 1 unspecified atom stereocenters. The molecular formula is C44H56N14O8. The fourth-order valence-electron chi connectivity index (χ4n) is 8.56. The van der Waals surface area contributed by atoms with Gasteiger partial charge in [0.2, 0.25) is 23.6 Å². The second kappa shape index (κ2) is 22.0. The summed E-state index contributed by atoms with van der Waals surface area (Å²) < 4.78 is 0. The summed E-state index contributed by atoms with van der Waals surface area (Å²) in [5.41, 5.74) is 17.8. The SMILES string of the molecule is CNC1C(=O)N[C@@H](Cc2c[nH]c3ccccc23)C(=O)N[C@H](C(N)=O)CCCCN[C@@]1(CCN=C(N)N)C(=O)C[C@@H]1NC(=O)N([C@@H](Cc2cnc[nH]2)C(=O)N[C@@H](C=O)Cc2ccccc2)C1=O. The summed E-state index contributed by atoms with van der Waals surface area (Å²) in [6.45, 7) is -0.0957. The number of nitrogens with zero attached hydrogens (tertiary/aromatic N) is 3. The maximum absolute atomic E-state index is 15.1. The molecule has 22 heteroatoms. The molecule has 2 saturated heterocycles. The van der Waals surface area contributed by atoms with Gasteiger partial charge in [-0.2, -0.15) is 0 Å². The highest BCUT2D eigenvalue weighted by Crippen LogP contribution is 2.26. The molecule has 0 spiro atoms. The first-order valence-corrected chi connectivity index (χ1v) is 21.6. The zero-order valence-corrected chi connectivity index (χ0v) is 36.4. The third-order valence-electron chi connectivity index (χ3n) is 11.9. The van der Waals surface area contributed by atoms with Crippen molar-refractivity contribution in [2.75, 3.05) is 20.1 Å². The van der Waals surface area contributed by atoms with Crippen LogP contribution < -0.4 is 49.1 Å². The lowest BCUT2D eigenvalue weighted by Crippen LogP contribution is -2.70. The van der Waals surface area contributed by atoms with E-state index in [1.165, 1.54) is 19.6 Å². The second-order valence-corrected chi connectivity index (χ2v) is 16.3. The number of para-hydroxylation sites is 1. The number of primary amides is 1. The van der Waals surface area contributed by atoms with Gasteiger partial charge in [0.05, 0.1) is 12.4 Å². The quantitative estimate of drug-likeness (QED) is 0.0225. The number of ketones is 1. The fourth-order valence-corrected chi connectivity index (χ4v) is 8.56. The van der Waals surface area contributed by atoms with Crippen LogP contribution in [0.5, 0.6) is 0 Å². The Morgan fingerprint density at radius 1 is 0.939 bits per heavy atom. The maximum atomic E-state index is 15.1. The summed E-state index contributed by atoms with van der Waals surface area (Å²) in [5.74, 6) is -5.00. The molecule has 14 N–H and O–H groups in total. The van der Waals surface area contributed by atoms with Crippen LogP contribution in [-0.4, -0.2) is 135 Å². The van der Waals surface area contributed by atoms with E-state index in [4.69, 9.17) is 17.2 Å². The number of nitrogens with one attached hydrogen (secondary N) is 8. The van der Waals surface area contributed by atoms with E-state index in [0.29, 0.717) is 35.3 Å². The molecule has 0 bridgehead atoms. The number of benzene rings is 2. The maximum Gasteiger partial charge on any atom is 0.325 e. The van der Waals surface area contributed by atoms with Gasteiger partial charge in [0, 0.05) is 54.8 Å². The zero-order chi connectivity index (χ0) is 47.4. The lowest BCUT2D eigenvalue weighted by molar-refractivity contribution is -0.139. The number of H-pyrrole nitrogens is 2. The summed E-state index contributed by atoms with van der Waals surface area (Å²) >= 11 is 0. The van der Waals surface area contributed by atoms with Gasteiger partial charge >= 0.3 is 6.03 Å². The molecule has 2 fully saturated rings. The van der Waals surface area contributed by atoms with Crippen molar-refractivity contribution >= 4 is 64.5 Å². The van der Waals surface area contributed by atoms with E-state index >= 15 is 4.79 Å². The van der Waals surface area contributed by atoms with Gasteiger partial charge in [-0.1, -0.05) is 48.5 Å². The van der Waals surface area contributed by atoms with Crippen LogP contribution in [0.15, 0.2) is 78.3 Å². The number of aromatic nitrogens is 3. The van der Waals surface area contributed by atoms with Gasteiger partial charge in [0.25, 0.3) is 5.91 Å². The first-order valence-electron chi connectivity index (χ1n) is 21.6. The van der Waals surface area contributed by atoms with Crippen molar-refractivity contribution in [3.63, 3.8) is 0 Å². The van der Waals surface area contributed by atoms with Crippen molar-refractivity contribution in [2.45, 2.75) is 93.2 Å². The standard InChI is InChI=1S/C44H56N14O8/c1-48-36-40(64)56-32(18-26-21-51-30-12-6-5-11-29(26)30)38(62)55-31(37(45)61)13-7-8-15-53-44(36,14-16-50-42(46)47)35(60)20-33-41(65)58(43(66)57-33)34(19-27-22-49-24-52-27)39(63)54-28(23-59)17-25-9-3-2-4-10-25/h2-6,9-12,21-24,28,31-34,36,48,51,53H,7-8,13-20H2,1H3,(H2,45,61)(H,49,52)(H,54,63)(H,55,62)(H,56,64)(H,57,66)(H4,46,47,50)/t28-,31+,32+,33+,34+,36?,44+/m1/s1. The number of Topliss-reactive ketones (excluding diaryl/α,β-unsaturated/α-hetero) is 1. The molecule has 0 saturated carbocycles. The molecule has 350 valence electrons. The number of carbonyl (C=O) groups excluding carboxylic acids is 8. The number of urea groups is 1. The Balaban J connectivity index is 1.31. The minimum atomic E-state index is -1.91. The second-order valence-electron chi connectivity index (χ2n) is 16.3. The van der Waals surface area contributed by atoms with Gasteiger partial charge in [0.1, 0.15) is 42.0 Å². The van der Waals surface area contributed by atoms with E-state index in [1.54, 1.807) is 36.5 Å². The Labute approximate surface area is 379 Å². The molecule has 2 aromatic heterocycles. The summed E-state index contributed by atoms with van der Waals surface area (Å²) in [6.07, 6.45) is 4.89. The van der Waals surface area contributed by atoms with Crippen LogP contribution >= 0.6 is 0 Å². The monoisotopic (exact) mass is 908 g/mol. The number of nitrogens with two attached hydrogens (primary N) is 3. The molecule has 4 heterocycles. The molecule has 2 aliphatic rings. The van der Waals surface area contributed by atoms with E-state index < -0.39 is 89.6 Å². The molecule has 2 aliphatic heterocycles. The number of aliphatic imine (C=N–C) groups is 1. The fraction of sp³-hybridized carbons (Fsp3) is 0.409. The summed E-state index contributed by atoms with van der Waals surface area (Å²) in [4.78, 5) is 126. The number of fused-ring (bicyclic) bond motifs is 1. The number of amides is 7. The lowest BCUT2D eigenvalue weighted by Gasteiger charge is -2.40. The molecule has 66 heavy (non-hydrogen) atoms. The van der Waals surface area contributed by atoms with Crippen LogP contribution in [0.25, 0.3) is 10.9 Å². The average molecular weight is 909 g/mol. The Bertz CT molecular complexity index is 2420. The molecule has 7 atom stereocenters. The first kappa shape index (κ1) is 48.0. The number of aromatic amines is 2. The van der Waals surface area contributed by atoms with Crippen LogP contribution in [0.2, 0.25) is 0 Å². The number of hydrogen-bond donors (Lipinski definition) is 11. The van der Waals surface area contributed by atoms with Gasteiger partial charge in [-0.25, -0.2) is 14.7 Å². The molecular weight excluding hydrogens is 853 g/mol. The van der Waals surface area contributed by atoms with E-state index in [-0.39, 0.29) is 51.2 Å². The number of hydrogen-bond acceptors (Lipinski definition) is 12. The average Bonchev–Trinajstić information content (AvgIpc) is 4.03. The largest absolute Gasteiger partial charge is 0.370 e. The van der Waals surface area contributed by atoms with Crippen LogP contribution in [0, 0.1) is 0 Å². The van der Waals surface area contributed by atoms with E-state index in [0.717, 1.165) is 16.5 Å². The van der Waals surface area contributed by atoms with Gasteiger partial charge in [0.15, 0.2) is 11.7 Å². The molecule has 6 rings (SSSR count). The Morgan fingerprint density at radius 2 is 1.70 bits per heavy atom. The highest BCUT2D eigenvalue weighted by atomic mass is 16.2. The normalized spacial score (nSPS) is 22.7. The highest BCUT2D eigenvalue weighted by molar-refractivity contribution is 6.10. The molecule has 7 amide bonds. The molecule has 22 nitrogen and oxygen atoms in total. The van der Waals surface area contributed by atoms with Crippen LogP contribution in [0.3, 0.4) is 0 Å². The van der Waals surface area contributed by atoms with E-state index in [9.17, 15) is 33.6 Å². The van der Waals surface area contributed by atoms with Crippen molar-refractivity contribution in [3.8, 4) is 0 Å². The molecule has 0 radical (unpaired) electrons. The number of rotatable bonds is 18. The van der Waals surface area contributed by atoms with Crippen molar-refractivity contribution in [1.29, 1.82) is 0 Å². The molecule has 0 aliphatic carbocycles. The number of likely N-dealkylation sites (N-methyl/N-ethyl adjacent to an activating group) is 1. The number of imide groups is 1. The molecule has 4 aromatic rings. The Morgan fingerprint density at radius 3 is 2.39 bits per heavy atom. The minimum absolute atomic E-state index is 0.0303. The van der Waals surface area contributed by atoms with Crippen LogP contribution in [0.1, 0.15) is 48.9 Å². The van der Waals surface area contributed by atoms with Crippen molar-refractivity contribution in [2.24, 2.45) is 22.2 Å². The van der Waals surface area contributed by atoms with E-state index in [1.807, 2.05) is 24.3 Å². The number of carbonyl (C=O) groups is 8. The topological polar surface area (TPSA) is 347 Å². The third kappa shape index (κ3) is 11.4. The predicted molar refractivity (Wildman–Crippen MR) is 241 cm³/mol. The number of aldehydes is 1. The van der Waals surface area contributed by atoms with Crippen molar-refractivity contribution < 1.29 is 38.4 Å². The summed E-state index contributed by atoms with van der Waals surface area (Å²) in [5, 5.41) is 17.7. The lowest BCUT2D eigenvalue weighted by atomic mass is 9.78. The van der Waals surface area contributed by atoms with Gasteiger partial charge < -0.3 is 63.9 Å². The zero-order valence-electron chi connectivity index (χ0n) is 36.4. The number of guanidine groups is 1. The van der Waals surface area contributed by atoms with Gasteiger partial charge in [-0.15, -0.1) is 0 Å². The highest BCUT2D eigenvalue weighted by Gasteiger charge is 2.52. The first-order chi connectivity index (χ1) is 31.7. The number of imidazole rings is 1. The molecule has 2 aromatic carbocycles. The third-order valence-corrected chi connectivity index (χ3v) is 11.9. The van der Waals surface area contributed by atoms with E-state index in [2.05, 4.69) is 51.8 Å². The van der Waals surface area contributed by atoms with Gasteiger partial charge in [-0.05, 0) is 62.9 Å². The summed E-state index contributed by atoms with van der Waals surface area (Å²) in [7, 11) is 1.44. The van der Waals surface area contributed by atoms with Gasteiger partial charge in [-0.3, -0.25) is 33.8 Å². The Kier molecular flexibility index (Phi) is 16.0. The van der Waals surface area contributed by atoms with Crippen molar-refractivity contribution in [3.05, 3.63) is 90.1 Å². The van der Waals surface area contributed by atoms with Crippen LogP contribution in [-0.2, 0) is 52.8 Å². The Hall–Kier alpha value is -7.46. The summed E-state index contributed by atoms with van der Waals surface area (Å²) in [6, 6.07) is 7.51. The van der Waals surface area contributed by atoms with Crippen molar-refractivity contribution in [1.82, 2.24) is 51.8 Å². The smallest absolute Gasteiger partial charge is 0.325 e. The minimum Gasteiger partial charge on any atom is -0.370 e. The predicted octanol–water partition coefficient (Wildman–Crippen LogP) is -1.93. The van der Waals surface area contributed by atoms with Crippen LogP contribution in [0.4, 0.5) is 4.79 Å².